The largest absolute Gasteiger partial charge is 0.373 e. The average molecular weight is 326 g/mol. The molecular formula is C15H26N4O4. The molecule has 2 saturated heterocycles. The molecule has 2 aliphatic rings. The van der Waals surface area contributed by atoms with Crippen molar-refractivity contribution in [3.05, 3.63) is 0 Å². The summed E-state index contributed by atoms with van der Waals surface area (Å²) in [5.41, 5.74) is 5.17. The highest BCUT2D eigenvalue weighted by molar-refractivity contribution is 5.85. The highest BCUT2D eigenvalue weighted by atomic mass is 16.5. The number of nitrogens with two attached hydrogens (primary N) is 1. The van der Waals surface area contributed by atoms with Gasteiger partial charge in [-0.2, -0.15) is 0 Å². The van der Waals surface area contributed by atoms with E-state index in [9.17, 15) is 14.4 Å². The average Bonchev–Trinajstić information content (AvgIpc) is 2.49. The third-order valence-electron chi connectivity index (χ3n) is 4.18. The summed E-state index contributed by atoms with van der Waals surface area (Å²) in [4.78, 5) is 40.3. The van der Waals surface area contributed by atoms with Crippen molar-refractivity contribution < 1.29 is 19.1 Å². The summed E-state index contributed by atoms with van der Waals surface area (Å²) < 4.78 is 5.65. The fourth-order valence-corrected chi connectivity index (χ4v) is 3.03. The Bertz CT molecular complexity index is 457. The van der Waals surface area contributed by atoms with Crippen LogP contribution in [0.4, 0.5) is 0 Å². The molecule has 2 N–H and O–H groups in total. The summed E-state index contributed by atoms with van der Waals surface area (Å²) in [6.45, 7) is 3.00. The molecule has 0 bridgehead atoms. The maximum absolute atomic E-state index is 12.4. The van der Waals surface area contributed by atoms with Crippen molar-refractivity contribution in [3.8, 4) is 0 Å². The molecule has 130 valence electrons. The molecule has 0 aliphatic carbocycles. The first-order valence-electron chi connectivity index (χ1n) is 8.09. The number of likely N-dealkylation sites (N-methyl/N-ethyl adjacent to an activating group) is 1. The molecule has 3 amide bonds. The number of primary amides is 1. The minimum absolute atomic E-state index is 0.0360. The number of amides is 3. The zero-order valence-electron chi connectivity index (χ0n) is 13.7. The van der Waals surface area contributed by atoms with Crippen LogP contribution in [0.25, 0.3) is 0 Å². The fourth-order valence-electron chi connectivity index (χ4n) is 3.03. The molecule has 1 atom stereocenters. The van der Waals surface area contributed by atoms with Crippen LogP contribution in [-0.2, 0) is 19.1 Å². The zero-order chi connectivity index (χ0) is 16.8. The standard InChI is InChI=1S/C15H26N4O4/c1-17(10-13(16)20)8-12-9-19(6-7-23-12)15(22)11-18-5-3-2-4-14(18)21/h12H,2-11H2,1H3,(H2,16,20)/t12-/m0/s1. The number of likely N-dealkylation sites (tertiary alicyclic amines) is 1. The van der Waals surface area contributed by atoms with E-state index in [1.807, 2.05) is 0 Å². The van der Waals surface area contributed by atoms with E-state index in [2.05, 4.69) is 0 Å². The summed E-state index contributed by atoms with van der Waals surface area (Å²) in [7, 11) is 1.79. The Hall–Kier alpha value is -1.67. The Morgan fingerprint density at radius 2 is 2.13 bits per heavy atom. The quantitative estimate of drug-likeness (QED) is 0.650. The molecule has 8 nitrogen and oxygen atoms in total. The number of carbonyl (C=O) groups is 3. The lowest BCUT2D eigenvalue weighted by Gasteiger charge is -2.36. The van der Waals surface area contributed by atoms with Gasteiger partial charge in [0.25, 0.3) is 0 Å². The second kappa shape index (κ2) is 8.26. The van der Waals surface area contributed by atoms with E-state index in [4.69, 9.17) is 10.5 Å². The van der Waals surface area contributed by atoms with Crippen LogP contribution in [0.15, 0.2) is 0 Å². The predicted molar refractivity (Wildman–Crippen MR) is 83.4 cm³/mol. The second-order valence-corrected chi connectivity index (χ2v) is 6.27. The van der Waals surface area contributed by atoms with Crippen molar-refractivity contribution in [2.45, 2.75) is 25.4 Å². The van der Waals surface area contributed by atoms with Crippen LogP contribution < -0.4 is 5.73 Å². The molecule has 0 radical (unpaired) electrons. The van der Waals surface area contributed by atoms with Crippen LogP contribution in [0.2, 0.25) is 0 Å². The van der Waals surface area contributed by atoms with Gasteiger partial charge in [-0.25, -0.2) is 0 Å². The van der Waals surface area contributed by atoms with Crippen molar-refractivity contribution in [1.29, 1.82) is 0 Å². The number of hydrogen-bond donors (Lipinski definition) is 1. The maximum atomic E-state index is 12.4. The highest BCUT2D eigenvalue weighted by Crippen LogP contribution is 2.12. The molecule has 0 spiro atoms. The van der Waals surface area contributed by atoms with E-state index in [1.165, 1.54) is 0 Å². The molecule has 0 aromatic carbocycles. The molecule has 2 heterocycles. The van der Waals surface area contributed by atoms with Gasteiger partial charge in [0.1, 0.15) is 0 Å². The Morgan fingerprint density at radius 1 is 1.35 bits per heavy atom. The van der Waals surface area contributed by atoms with E-state index in [1.54, 1.807) is 21.7 Å². The molecule has 0 aromatic rings. The first-order valence-corrected chi connectivity index (χ1v) is 8.09. The SMILES string of the molecule is CN(CC(N)=O)C[C@H]1CN(C(=O)CN2CCCCC2=O)CCO1. The van der Waals surface area contributed by atoms with Crippen LogP contribution in [0, 0.1) is 0 Å². The Balaban J connectivity index is 1.81. The fraction of sp³-hybridized carbons (Fsp3) is 0.800. The van der Waals surface area contributed by atoms with Crippen molar-refractivity contribution in [2.75, 3.05) is 52.9 Å². The number of piperidine rings is 1. The van der Waals surface area contributed by atoms with E-state index in [-0.39, 0.29) is 36.9 Å². The molecule has 8 heteroatoms. The second-order valence-electron chi connectivity index (χ2n) is 6.27. The molecule has 2 aliphatic heterocycles. The number of ether oxygens (including phenoxy) is 1. The Labute approximate surface area is 136 Å². The minimum Gasteiger partial charge on any atom is -0.373 e. The van der Waals surface area contributed by atoms with Gasteiger partial charge in [-0.1, -0.05) is 0 Å². The van der Waals surface area contributed by atoms with Gasteiger partial charge < -0.3 is 20.3 Å². The van der Waals surface area contributed by atoms with Crippen molar-refractivity contribution in [2.24, 2.45) is 5.73 Å². The van der Waals surface area contributed by atoms with Crippen molar-refractivity contribution in [1.82, 2.24) is 14.7 Å². The van der Waals surface area contributed by atoms with Gasteiger partial charge >= 0.3 is 0 Å². The van der Waals surface area contributed by atoms with Crippen molar-refractivity contribution in [3.63, 3.8) is 0 Å². The first kappa shape index (κ1) is 17.7. The van der Waals surface area contributed by atoms with Gasteiger partial charge in [0.2, 0.25) is 17.7 Å². The van der Waals surface area contributed by atoms with E-state index in [0.717, 1.165) is 12.8 Å². The maximum Gasteiger partial charge on any atom is 0.242 e. The molecular weight excluding hydrogens is 300 g/mol. The molecule has 2 rings (SSSR count). The Morgan fingerprint density at radius 3 is 2.83 bits per heavy atom. The van der Waals surface area contributed by atoms with Crippen LogP contribution in [-0.4, -0.2) is 91.4 Å². The summed E-state index contributed by atoms with van der Waals surface area (Å²) >= 11 is 0. The highest BCUT2D eigenvalue weighted by Gasteiger charge is 2.28. The normalized spacial score (nSPS) is 22.5. The molecule has 2 fully saturated rings. The molecule has 0 saturated carbocycles. The van der Waals surface area contributed by atoms with Crippen molar-refractivity contribution >= 4 is 17.7 Å². The monoisotopic (exact) mass is 326 g/mol. The third-order valence-corrected chi connectivity index (χ3v) is 4.18. The third kappa shape index (κ3) is 5.47. The molecule has 0 unspecified atom stereocenters. The summed E-state index contributed by atoms with van der Waals surface area (Å²) in [5.74, 6) is -0.360. The molecule has 0 aromatic heterocycles. The molecule has 23 heavy (non-hydrogen) atoms. The van der Waals surface area contributed by atoms with Gasteiger partial charge in [-0.05, 0) is 19.9 Å². The van der Waals surface area contributed by atoms with E-state index >= 15 is 0 Å². The lowest BCUT2D eigenvalue weighted by molar-refractivity contribution is -0.146. The lowest BCUT2D eigenvalue weighted by Crippen LogP contribution is -2.52. The van der Waals surface area contributed by atoms with Gasteiger partial charge in [0.05, 0.1) is 25.8 Å². The summed E-state index contributed by atoms with van der Waals surface area (Å²) in [6.07, 6.45) is 2.27. The number of carbonyl (C=O) groups excluding carboxylic acids is 3. The van der Waals surface area contributed by atoms with Crippen LogP contribution >= 0.6 is 0 Å². The Kier molecular flexibility index (Phi) is 6.35. The number of nitrogens with zero attached hydrogens (tertiary/aromatic N) is 3. The van der Waals surface area contributed by atoms with Gasteiger partial charge in [-0.15, -0.1) is 0 Å². The van der Waals surface area contributed by atoms with Gasteiger partial charge in [-0.3, -0.25) is 19.3 Å². The number of hydrogen-bond acceptors (Lipinski definition) is 5. The smallest absolute Gasteiger partial charge is 0.242 e. The topological polar surface area (TPSA) is 96.2 Å². The first-order chi connectivity index (χ1) is 11.0. The van der Waals surface area contributed by atoms with Crippen LogP contribution in [0.3, 0.4) is 0 Å². The van der Waals surface area contributed by atoms with E-state index < -0.39 is 0 Å². The summed E-state index contributed by atoms with van der Waals surface area (Å²) in [5, 5.41) is 0. The van der Waals surface area contributed by atoms with E-state index in [0.29, 0.717) is 39.2 Å². The van der Waals surface area contributed by atoms with Crippen LogP contribution in [0.1, 0.15) is 19.3 Å². The zero-order valence-corrected chi connectivity index (χ0v) is 13.7. The minimum atomic E-state index is -0.389. The number of morpholine rings is 1. The van der Waals surface area contributed by atoms with Gasteiger partial charge in [0.15, 0.2) is 0 Å². The number of rotatable bonds is 6. The van der Waals surface area contributed by atoms with Crippen LogP contribution in [0.5, 0.6) is 0 Å². The predicted octanol–water partition coefficient (Wildman–Crippen LogP) is -1.36. The van der Waals surface area contributed by atoms with Gasteiger partial charge in [0, 0.05) is 32.6 Å². The lowest BCUT2D eigenvalue weighted by atomic mass is 10.1. The summed E-state index contributed by atoms with van der Waals surface area (Å²) in [6, 6.07) is 0.